The molecule has 69 heavy (non-hydrogen) atoms. The van der Waals surface area contributed by atoms with Gasteiger partial charge >= 0.3 is 5.97 Å². The first-order valence-electron chi connectivity index (χ1n) is 22.1. The minimum Gasteiger partial charge on any atom is -0.508 e. The van der Waals surface area contributed by atoms with E-state index in [2.05, 4.69) is 20.9 Å². The normalized spacial score (nSPS) is 26.3. The van der Waals surface area contributed by atoms with Gasteiger partial charge in [-0.15, -0.1) is 0 Å². The summed E-state index contributed by atoms with van der Waals surface area (Å²) in [6, 6.07) is 15.3. The summed E-state index contributed by atoms with van der Waals surface area (Å²) in [4.78, 5) is 30.0. The molecule has 3 aliphatic heterocycles. The number of aromatic nitrogens is 1. The number of aliphatic hydroxyl groups is 5. The lowest BCUT2D eigenvalue weighted by molar-refractivity contribution is -0.344. The summed E-state index contributed by atoms with van der Waals surface area (Å²) in [5.74, 6) is -4.21. The minimum atomic E-state index is -2.74. The fourth-order valence-electron chi connectivity index (χ4n) is 9.53. The maximum atomic E-state index is 14.0. The Hall–Kier alpha value is -7.08. The molecule has 2 fully saturated rings. The van der Waals surface area contributed by atoms with Crippen LogP contribution in [0.5, 0.6) is 28.7 Å². The number of phenolic OH excluding ortho intramolecular Hbond substituents is 2. The molecule has 3 aromatic carbocycles. The van der Waals surface area contributed by atoms with E-state index in [0.29, 0.717) is 65.0 Å². The molecule has 9 atom stereocenters. The number of dihydropyridines is 1. The van der Waals surface area contributed by atoms with Crippen LogP contribution in [0.3, 0.4) is 0 Å². The number of ether oxygens (including phenoxy) is 4. The Labute approximate surface area is 392 Å². The molecule has 0 radical (unpaired) electrons. The SMILES string of the molecule is CCc1cc(O)cc([C@H](O)Oc2c(O[C@@H]3O[C@H](C(=O)O)[C@]4(O)[C@@H]([C@@H]5CNCN5)C(CC5=CCNC(N)=C5)=C[C@@]3(O)[C@@H]4O)cc3oc(-c4ccc(OC[C@H](O)c5ccc(N)[nH]5)cc4)cc(=O)c3c2O)c1. The molecule has 2 bridgehead atoms. The molecule has 4 aliphatic rings. The molecule has 0 unspecified atom stereocenters. The highest BCUT2D eigenvalue weighted by Gasteiger charge is 2.71. The number of hydrogen-bond donors (Lipinski definition) is 14. The van der Waals surface area contributed by atoms with E-state index in [-0.39, 0.29) is 42.2 Å². The van der Waals surface area contributed by atoms with Gasteiger partial charge in [0.1, 0.15) is 58.5 Å². The van der Waals surface area contributed by atoms with Gasteiger partial charge in [-0.25, -0.2) is 4.79 Å². The van der Waals surface area contributed by atoms with Crippen LogP contribution in [0, 0.1) is 5.92 Å². The number of fused-ring (bicyclic) bond motifs is 3. The number of aromatic hydroxyl groups is 2. The number of carbonyl (C=O) groups is 1. The highest BCUT2D eigenvalue weighted by Crippen LogP contribution is 2.53. The first kappa shape index (κ1) is 47.0. The Morgan fingerprint density at radius 1 is 1.03 bits per heavy atom. The number of anilines is 1. The van der Waals surface area contributed by atoms with Gasteiger partial charge in [-0.05, 0) is 90.7 Å². The molecule has 5 aromatic rings. The highest BCUT2D eigenvalue weighted by atomic mass is 16.7. The van der Waals surface area contributed by atoms with Crippen LogP contribution >= 0.6 is 0 Å². The number of nitrogens with one attached hydrogen (secondary N) is 4. The number of aliphatic hydroxyl groups excluding tert-OH is 3. The van der Waals surface area contributed by atoms with Crippen molar-refractivity contribution in [2.75, 3.05) is 32.1 Å². The standard InChI is InChI=1S/C48H52N6O15/c1-2-22-11-25(15-27(55)13-22)44(61)68-41-35(17-34-38(40(41)58)31(56)16-33(66-34)24-3-5-28(6-4-24)65-20-32(57)29-7-8-36(49)54-29)67-46-47(63)18-26(12-23-9-10-52-37(50)14-23)39(30-19-51-21-53-30)48(64,45(47)62)42(69-46)43(59)60/h3-9,11,13-18,30,32,39,42,44-46,51-55,57-58,61-64H,2,10,12,19-21,49-50H2,1H3,(H,59,60)/t30-,32-,39+,42+,44+,45-,46+,47+,48+/m0/s1. The molecule has 5 heterocycles. The fraction of sp³-hybridized carbons (Fsp3) is 0.333. The second-order valence-corrected chi connectivity index (χ2v) is 17.4. The molecule has 9 rings (SSSR count). The summed E-state index contributed by atoms with van der Waals surface area (Å²) in [5, 5.41) is 101. The van der Waals surface area contributed by atoms with Gasteiger partial charge in [-0.1, -0.05) is 18.6 Å². The molecule has 16 N–H and O–H groups in total. The van der Waals surface area contributed by atoms with Crippen molar-refractivity contribution in [2.24, 2.45) is 11.7 Å². The first-order valence-corrected chi connectivity index (χ1v) is 22.1. The minimum absolute atomic E-state index is 0.00589. The predicted molar refractivity (Wildman–Crippen MR) is 245 cm³/mol. The van der Waals surface area contributed by atoms with E-state index < -0.39 is 88.1 Å². The zero-order valence-electron chi connectivity index (χ0n) is 37.0. The Bertz CT molecular complexity index is 2930. The van der Waals surface area contributed by atoms with Crippen molar-refractivity contribution in [3.05, 3.63) is 129 Å². The monoisotopic (exact) mass is 952 g/mol. The van der Waals surface area contributed by atoms with Gasteiger partial charge in [-0.3, -0.25) is 10.1 Å². The molecule has 21 nitrogen and oxygen atoms in total. The van der Waals surface area contributed by atoms with Crippen LogP contribution in [0.25, 0.3) is 22.3 Å². The van der Waals surface area contributed by atoms with Crippen LogP contribution in [0.1, 0.15) is 42.6 Å². The third-order valence-corrected chi connectivity index (χ3v) is 12.9. The Morgan fingerprint density at radius 3 is 2.49 bits per heavy atom. The summed E-state index contributed by atoms with van der Waals surface area (Å²) in [6.07, 6.45) is -4.50. The number of benzene rings is 3. The number of aliphatic carboxylic acids is 1. The maximum Gasteiger partial charge on any atom is 0.336 e. The van der Waals surface area contributed by atoms with Gasteiger partial charge in [0.2, 0.25) is 18.3 Å². The Kier molecular flexibility index (Phi) is 12.6. The number of nitrogens with two attached hydrogens (primary N) is 2. The van der Waals surface area contributed by atoms with Crippen molar-refractivity contribution in [2.45, 2.75) is 67.9 Å². The second kappa shape index (κ2) is 18.4. The number of aromatic amines is 1. The molecule has 1 aliphatic carbocycles. The molecule has 0 spiro atoms. The summed E-state index contributed by atoms with van der Waals surface area (Å²) >= 11 is 0. The van der Waals surface area contributed by atoms with E-state index >= 15 is 0 Å². The Morgan fingerprint density at radius 2 is 1.81 bits per heavy atom. The van der Waals surface area contributed by atoms with E-state index in [1.54, 1.807) is 42.5 Å². The molecule has 21 heteroatoms. The molecule has 2 saturated heterocycles. The quantitative estimate of drug-likeness (QED) is 0.0520. The average molecular weight is 953 g/mol. The van der Waals surface area contributed by atoms with E-state index in [4.69, 9.17) is 34.8 Å². The van der Waals surface area contributed by atoms with E-state index in [0.717, 1.165) is 12.1 Å². The van der Waals surface area contributed by atoms with Crippen LogP contribution in [-0.4, -0.2) is 114 Å². The summed E-state index contributed by atoms with van der Waals surface area (Å²) in [5.41, 5.74) is 7.70. The zero-order chi connectivity index (χ0) is 48.9. The van der Waals surface area contributed by atoms with E-state index in [9.17, 15) is 50.4 Å². The second-order valence-electron chi connectivity index (χ2n) is 17.4. The maximum absolute atomic E-state index is 14.0. The smallest absolute Gasteiger partial charge is 0.336 e. The van der Waals surface area contributed by atoms with E-state index in [1.165, 1.54) is 24.3 Å². The van der Waals surface area contributed by atoms with Gasteiger partial charge < -0.3 is 91.3 Å². The average Bonchev–Trinajstić information content (AvgIpc) is 4.01. The highest BCUT2D eigenvalue weighted by molar-refractivity contribution is 5.89. The number of phenols is 2. The van der Waals surface area contributed by atoms with Crippen molar-refractivity contribution in [3.8, 4) is 40.1 Å². The molecular formula is C48H52N6O15. The lowest BCUT2D eigenvalue weighted by Gasteiger charge is -2.58. The van der Waals surface area contributed by atoms with Crippen LogP contribution in [0.4, 0.5) is 5.82 Å². The topological polar surface area (TPSA) is 350 Å². The lowest BCUT2D eigenvalue weighted by Crippen LogP contribution is -2.79. The van der Waals surface area contributed by atoms with Crippen LogP contribution in [0.15, 0.2) is 111 Å². The third-order valence-electron chi connectivity index (χ3n) is 12.9. The van der Waals surface area contributed by atoms with E-state index in [1.807, 2.05) is 13.0 Å². The molecule has 2 aromatic heterocycles. The number of rotatable bonds is 15. The summed E-state index contributed by atoms with van der Waals surface area (Å²) < 4.78 is 30.1. The summed E-state index contributed by atoms with van der Waals surface area (Å²) in [6.45, 7) is 2.61. The van der Waals surface area contributed by atoms with Crippen molar-refractivity contribution in [1.82, 2.24) is 20.9 Å². The third kappa shape index (κ3) is 8.81. The van der Waals surface area contributed by atoms with Crippen molar-refractivity contribution >= 4 is 22.8 Å². The van der Waals surface area contributed by atoms with Gasteiger partial charge in [-0.2, -0.15) is 0 Å². The number of nitrogen functional groups attached to an aromatic ring is 1. The lowest BCUT2D eigenvalue weighted by atomic mass is 9.59. The predicted octanol–water partition coefficient (Wildman–Crippen LogP) is 1.33. The molecule has 364 valence electrons. The molecular weight excluding hydrogens is 901 g/mol. The number of aryl methyl sites for hydroxylation is 1. The van der Waals surface area contributed by atoms with Gasteiger partial charge in [0, 0.05) is 60.7 Å². The van der Waals surface area contributed by atoms with Crippen LogP contribution in [-0.2, 0) is 16.0 Å². The Balaban J connectivity index is 1.13. The largest absolute Gasteiger partial charge is 0.508 e. The van der Waals surface area contributed by atoms with Crippen molar-refractivity contribution in [1.29, 1.82) is 0 Å². The molecule has 0 saturated carbocycles. The van der Waals surface area contributed by atoms with Crippen molar-refractivity contribution in [3.63, 3.8) is 0 Å². The number of hydrogen-bond acceptors (Lipinski definition) is 19. The zero-order valence-corrected chi connectivity index (χ0v) is 37.0. The number of carboxylic acids is 1. The first-order chi connectivity index (χ1) is 33.0. The van der Waals surface area contributed by atoms with Gasteiger partial charge in [0.05, 0.1) is 5.82 Å². The van der Waals surface area contributed by atoms with Gasteiger partial charge in [0.25, 0.3) is 0 Å². The molecule has 0 amide bonds. The van der Waals surface area contributed by atoms with Crippen LogP contribution in [0.2, 0.25) is 0 Å². The fourth-order valence-corrected chi connectivity index (χ4v) is 9.53. The van der Waals surface area contributed by atoms with Crippen LogP contribution < -0.4 is 47.1 Å². The number of allylic oxidation sites excluding steroid dienone is 2. The van der Waals surface area contributed by atoms with Crippen molar-refractivity contribution < 1.29 is 69.0 Å². The van der Waals surface area contributed by atoms with Gasteiger partial charge in [0.15, 0.2) is 28.6 Å². The summed E-state index contributed by atoms with van der Waals surface area (Å²) in [7, 11) is 0. The number of carboxylic acid groups (broad SMARTS) is 1. The number of H-pyrrole nitrogens is 1.